The first kappa shape index (κ1) is 12.6. The highest BCUT2D eigenvalue weighted by atomic mass is 16.2. The number of carbonyl (C=O) groups is 1. The first-order chi connectivity index (χ1) is 10.8. The molecule has 2 aliphatic heterocycles. The van der Waals surface area contributed by atoms with Crippen LogP contribution < -0.4 is 10.3 Å². The molecule has 2 aromatic rings. The van der Waals surface area contributed by atoms with E-state index in [0.717, 1.165) is 16.9 Å². The number of para-hydroxylation sites is 2. The Morgan fingerprint density at radius 2 is 1.82 bits per heavy atom. The molecule has 2 amide bonds. The van der Waals surface area contributed by atoms with Crippen LogP contribution in [0, 0.1) is 0 Å². The van der Waals surface area contributed by atoms with E-state index < -0.39 is 0 Å². The van der Waals surface area contributed by atoms with Crippen molar-refractivity contribution in [2.75, 3.05) is 10.3 Å². The number of allylic oxidation sites excluding steroid dienone is 1. The number of anilines is 2. The van der Waals surface area contributed by atoms with Gasteiger partial charge < -0.3 is 5.32 Å². The van der Waals surface area contributed by atoms with E-state index in [1.54, 1.807) is 16.3 Å². The molecule has 2 aliphatic rings. The number of hydrogen-bond donors (Lipinski definition) is 1. The van der Waals surface area contributed by atoms with Gasteiger partial charge in [0, 0.05) is 17.5 Å². The second kappa shape index (κ2) is 5.04. The molecule has 1 atom stereocenters. The van der Waals surface area contributed by atoms with Crippen LogP contribution in [-0.4, -0.2) is 17.4 Å². The Hall–Kier alpha value is -3.08. The minimum absolute atomic E-state index is 0.0391. The van der Waals surface area contributed by atoms with Crippen molar-refractivity contribution in [3.05, 3.63) is 72.3 Å². The van der Waals surface area contributed by atoms with Crippen LogP contribution in [0.15, 0.2) is 71.9 Å². The van der Waals surface area contributed by atoms with Crippen LogP contribution in [0.4, 0.5) is 16.2 Å². The number of hydrogen-bond acceptors (Lipinski definition) is 3. The van der Waals surface area contributed by atoms with E-state index in [9.17, 15) is 4.79 Å². The first-order valence-corrected chi connectivity index (χ1v) is 7.09. The molecule has 1 unspecified atom stereocenters. The molecule has 108 valence electrons. The third-order valence-electron chi connectivity index (χ3n) is 3.72. The zero-order chi connectivity index (χ0) is 14.9. The summed E-state index contributed by atoms with van der Waals surface area (Å²) in [6, 6.07) is 17.0. The van der Waals surface area contributed by atoms with Gasteiger partial charge in [-0.2, -0.15) is 15.2 Å². The lowest BCUT2D eigenvalue weighted by atomic mass is 10.1. The van der Waals surface area contributed by atoms with Gasteiger partial charge in [0.25, 0.3) is 0 Å². The maximum absolute atomic E-state index is 12.7. The summed E-state index contributed by atoms with van der Waals surface area (Å²) in [5.41, 5.74) is 2.67. The average molecular weight is 290 g/mol. The molecule has 0 saturated carbocycles. The van der Waals surface area contributed by atoms with Crippen molar-refractivity contribution in [2.45, 2.75) is 6.04 Å². The number of benzene rings is 2. The molecule has 0 radical (unpaired) electrons. The standard InChI is InChI=1S/C17H14N4O/c22-17(19-13-7-2-1-3-8-13)20-15-10-5-4-9-14(15)16-11-6-12-18-21(16)20/h1-12,16H,(H,19,22). The fraction of sp³-hybridized carbons (Fsp3) is 0.0588. The number of fused-ring (bicyclic) bond motifs is 3. The molecule has 2 aromatic carbocycles. The maximum Gasteiger partial charge on any atom is 0.346 e. The Morgan fingerprint density at radius 1 is 1.05 bits per heavy atom. The number of amides is 2. The van der Waals surface area contributed by atoms with E-state index in [0.29, 0.717) is 0 Å². The molecule has 0 aliphatic carbocycles. The molecular weight excluding hydrogens is 276 g/mol. The lowest BCUT2D eigenvalue weighted by molar-refractivity contribution is 0.216. The summed E-state index contributed by atoms with van der Waals surface area (Å²) >= 11 is 0. The molecule has 0 aromatic heterocycles. The summed E-state index contributed by atoms with van der Waals surface area (Å²) in [4.78, 5) is 12.7. The molecular formula is C17H14N4O. The van der Waals surface area contributed by atoms with Crippen molar-refractivity contribution >= 4 is 23.6 Å². The third-order valence-corrected chi connectivity index (χ3v) is 3.72. The van der Waals surface area contributed by atoms with Crippen LogP contribution in [0.1, 0.15) is 11.6 Å². The number of hydrazine groups is 1. The van der Waals surface area contributed by atoms with Crippen molar-refractivity contribution in [3.63, 3.8) is 0 Å². The van der Waals surface area contributed by atoms with Gasteiger partial charge in [-0.25, -0.2) is 4.79 Å². The van der Waals surface area contributed by atoms with Gasteiger partial charge in [-0.1, -0.05) is 42.5 Å². The number of nitrogens with zero attached hydrogens (tertiary/aromatic N) is 3. The Bertz CT molecular complexity index is 769. The van der Waals surface area contributed by atoms with Gasteiger partial charge in [0.05, 0.1) is 5.69 Å². The van der Waals surface area contributed by atoms with Crippen LogP contribution >= 0.6 is 0 Å². The van der Waals surface area contributed by atoms with E-state index >= 15 is 0 Å². The zero-order valence-electron chi connectivity index (χ0n) is 11.8. The molecule has 0 fully saturated rings. The largest absolute Gasteiger partial charge is 0.346 e. The maximum atomic E-state index is 12.7. The zero-order valence-corrected chi connectivity index (χ0v) is 11.8. The second-order valence-corrected chi connectivity index (χ2v) is 5.08. The smallest absolute Gasteiger partial charge is 0.306 e. The normalized spacial score (nSPS) is 18.1. The fourth-order valence-electron chi connectivity index (χ4n) is 2.76. The van der Waals surface area contributed by atoms with Crippen LogP contribution in [0.3, 0.4) is 0 Å². The van der Waals surface area contributed by atoms with E-state index in [-0.39, 0.29) is 12.1 Å². The number of hydrazone groups is 1. The molecule has 2 heterocycles. The summed E-state index contributed by atoms with van der Waals surface area (Å²) in [6.45, 7) is 0. The predicted molar refractivity (Wildman–Crippen MR) is 86.6 cm³/mol. The minimum atomic E-state index is -0.228. The first-order valence-electron chi connectivity index (χ1n) is 7.09. The Balaban J connectivity index is 1.70. The molecule has 5 nitrogen and oxygen atoms in total. The summed E-state index contributed by atoms with van der Waals surface area (Å²) in [5.74, 6) is 0. The highest BCUT2D eigenvalue weighted by Gasteiger charge is 2.38. The topological polar surface area (TPSA) is 47.9 Å². The van der Waals surface area contributed by atoms with Crippen molar-refractivity contribution in [2.24, 2.45) is 5.10 Å². The predicted octanol–water partition coefficient (Wildman–Crippen LogP) is 3.55. The summed E-state index contributed by atoms with van der Waals surface area (Å²) in [7, 11) is 0. The lowest BCUT2D eigenvalue weighted by Crippen LogP contribution is -2.43. The second-order valence-electron chi connectivity index (χ2n) is 5.08. The molecule has 1 N–H and O–H groups in total. The molecule has 0 spiro atoms. The summed E-state index contributed by atoms with van der Waals surface area (Å²) in [6.07, 6.45) is 5.61. The van der Waals surface area contributed by atoms with E-state index in [1.165, 1.54) is 0 Å². The van der Waals surface area contributed by atoms with E-state index in [2.05, 4.69) is 10.4 Å². The van der Waals surface area contributed by atoms with Gasteiger partial charge in [0.15, 0.2) is 0 Å². The van der Waals surface area contributed by atoms with E-state index in [1.807, 2.05) is 66.7 Å². The summed E-state index contributed by atoms with van der Waals surface area (Å²) < 4.78 is 0. The van der Waals surface area contributed by atoms with Crippen LogP contribution in [-0.2, 0) is 0 Å². The van der Waals surface area contributed by atoms with Crippen molar-refractivity contribution in [3.8, 4) is 0 Å². The Labute approximate surface area is 128 Å². The summed E-state index contributed by atoms with van der Waals surface area (Å²) in [5, 5.41) is 10.5. The van der Waals surface area contributed by atoms with Crippen molar-refractivity contribution in [1.29, 1.82) is 0 Å². The average Bonchev–Trinajstić information content (AvgIpc) is 2.90. The van der Waals surface area contributed by atoms with Gasteiger partial charge in [-0.15, -0.1) is 0 Å². The molecule has 5 heteroatoms. The molecule has 4 rings (SSSR count). The highest BCUT2D eigenvalue weighted by Crippen LogP contribution is 2.41. The molecule has 0 saturated heterocycles. The highest BCUT2D eigenvalue weighted by molar-refractivity contribution is 6.02. The van der Waals surface area contributed by atoms with Gasteiger partial charge in [0.1, 0.15) is 6.04 Å². The van der Waals surface area contributed by atoms with Crippen LogP contribution in [0.2, 0.25) is 0 Å². The monoisotopic (exact) mass is 290 g/mol. The van der Waals surface area contributed by atoms with Gasteiger partial charge in [-0.3, -0.25) is 0 Å². The number of urea groups is 1. The minimum Gasteiger partial charge on any atom is -0.306 e. The number of rotatable bonds is 1. The van der Waals surface area contributed by atoms with Crippen LogP contribution in [0.25, 0.3) is 0 Å². The van der Waals surface area contributed by atoms with Crippen LogP contribution in [0.5, 0.6) is 0 Å². The fourth-order valence-corrected chi connectivity index (χ4v) is 2.76. The Morgan fingerprint density at radius 3 is 2.68 bits per heavy atom. The lowest BCUT2D eigenvalue weighted by Gasteiger charge is -2.29. The third kappa shape index (κ3) is 1.95. The molecule has 0 bridgehead atoms. The number of nitrogens with one attached hydrogen (secondary N) is 1. The van der Waals surface area contributed by atoms with Gasteiger partial charge in [0.2, 0.25) is 0 Å². The molecule has 22 heavy (non-hydrogen) atoms. The van der Waals surface area contributed by atoms with E-state index in [4.69, 9.17) is 0 Å². The van der Waals surface area contributed by atoms with Gasteiger partial charge in [-0.05, 0) is 24.3 Å². The quantitative estimate of drug-likeness (QED) is 0.873. The number of carbonyl (C=O) groups excluding carboxylic acids is 1. The Kier molecular flexibility index (Phi) is 2.89. The SMILES string of the molecule is O=C(Nc1ccccc1)N1c2ccccc2C2C=CC=NN21. The van der Waals surface area contributed by atoms with Gasteiger partial charge >= 0.3 is 6.03 Å². The van der Waals surface area contributed by atoms with Crippen molar-refractivity contribution in [1.82, 2.24) is 5.12 Å². The van der Waals surface area contributed by atoms with Crippen molar-refractivity contribution < 1.29 is 4.79 Å².